The second-order valence-electron chi connectivity index (χ2n) is 7.67. The van der Waals surface area contributed by atoms with E-state index in [0.717, 1.165) is 10.5 Å². The SMILES string of the molecule is COC1(NC(=O)C(NC(=O)N2CCC(c3ccccc3)C(=O)C2=O)c2cccs2)CNC1=O. The summed E-state index contributed by atoms with van der Waals surface area (Å²) in [7, 11) is 1.29. The van der Waals surface area contributed by atoms with Crippen LogP contribution in [-0.4, -0.2) is 60.4 Å². The quantitative estimate of drug-likeness (QED) is 0.323. The standard InChI is InChI=1S/C22H22N4O6S/c1-32-22(12-23-20(22)30)25-18(28)16(15-8-5-11-33-15)24-21(31)26-10-9-14(17(27)19(26)29)13-6-3-2-4-7-13/h2-8,11,14,16H,9-10,12H2,1H3,(H,23,30)(H,24,31)(H,25,28). The maximum Gasteiger partial charge on any atom is 0.325 e. The predicted molar refractivity (Wildman–Crippen MR) is 117 cm³/mol. The number of imide groups is 1. The van der Waals surface area contributed by atoms with Crippen molar-refractivity contribution < 1.29 is 28.7 Å². The molecule has 1 aromatic carbocycles. The monoisotopic (exact) mass is 470 g/mol. The zero-order valence-electron chi connectivity index (χ0n) is 17.7. The van der Waals surface area contributed by atoms with Gasteiger partial charge in [-0.15, -0.1) is 11.3 Å². The van der Waals surface area contributed by atoms with Gasteiger partial charge in [0.25, 0.3) is 17.7 Å². The van der Waals surface area contributed by atoms with Crippen LogP contribution in [0.3, 0.4) is 0 Å². The number of rotatable bonds is 6. The lowest BCUT2D eigenvalue weighted by molar-refractivity contribution is -0.167. The molecule has 2 fully saturated rings. The third-order valence-corrected chi connectivity index (χ3v) is 6.69. The number of ether oxygens (including phenoxy) is 1. The van der Waals surface area contributed by atoms with Crippen LogP contribution in [0.5, 0.6) is 0 Å². The number of β-lactam (4-membered cyclic amide) rings is 1. The number of nitrogens with zero attached hydrogens (tertiary/aromatic N) is 1. The van der Waals surface area contributed by atoms with Crippen molar-refractivity contribution in [2.45, 2.75) is 24.1 Å². The van der Waals surface area contributed by atoms with Gasteiger partial charge in [-0.05, 0) is 23.4 Å². The van der Waals surface area contributed by atoms with Crippen LogP contribution in [0, 0.1) is 0 Å². The summed E-state index contributed by atoms with van der Waals surface area (Å²) in [5.41, 5.74) is -0.799. The molecular weight excluding hydrogens is 448 g/mol. The van der Waals surface area contributed by atoms with Crippen LogP contribution in [0.4, 0.5) is 4.79 Å². The fraction of sp³-hybridized carbons (Fsp3) is 0.318. The van der Waals surface area contributed by atoms with Gasteiger partial charge in [0, 0.05) is 18.5 Å². The van der Waals surface area contributed by atoms with Gasteiger partial charge in [0.15, 0.2) is 0 Å². The number of amides is 5. The summed E-state index contributed by atoms with van der Waals surface area (Å²) < 4.78 is 5.17. The molecule has 0 aliphatic carbocycles. The molecule has 172 valence electrons. The Hall–Kier alpha value is -3.57. The van der Waals surface area contributed by atoms with Crippen molar-refractivity contribution in [2.24, 2.45) is 0 Å². The second-order valence-corrected chi connectivity index (χ2v) is 8.65. The van der Waals surface area contributed by atoms with E-state index in [1.807, 2.05) is 6.07 Å². The van der Waals surface area contributed by atoms with Gasteiger partial charge in [-0.1, -0.05) is 36.4 Å². The number of thiophene rings is 1. The van der Waals surface area contributed by atoms with Gasteiger partial charge < -0.3 is 20.7 Å². The summed E-state index contributed by atoms with van der Waals surface area (Å²) in [6.45, 7) is 0.109. The number of benzene rings is 1. The molecule has 3 heterocycles. The average molecular weight is 471 g/mol. The summed E-state index contributed by atoms with van der Waals surface area (Å²) in [6.07, 6.45) is 0.283. The number of hydrogen-bond donors (Lipinski definition) is 3. The Morgan fingerprint density at radius 2 is 1.94 bits per heavy atom. The van der Waals surface area contributed by atoms with Gasteiger partial charge in [0.05, 0.1) is 12.5 Å². The van der Waals surface area contributed by atoms with Crippen LogP contribution in [0.25, 0.3) is 0 Å². The minimum Gasteiger partial charge on any atom is -0.349 e. The molecule has 10 nitrogen and oxygen atoms in total. The molecule has 3 unspecified atom stereocenters. The zero-order chi connectivity index (χ0) is 23.6. The van der Waals surface area contributed by atoms with E-state index in [1.54, 1.807) is 41.8 Å². The lowest BCUT2D eigenvalue weighted by Gasteiger charge is -2.40. The molecule has 0 radical (unpaired) electrons. The Morgan fingerprint density at radius 1 is 1.18 bits per heavy atom. The van der Waals surface area contributed by atoms with E-state index in [-0.39, 0.29) is 19.5 Å². The van der Waals surface area contributed by atoms with E-state index in [0.29, 0.717) is 4.88 Å². The van der Waals surface area contributed by atoms with Crippen molar-refractivity contribution in [3.8, 4) is 0 Å². The van der Waals surface area contributed by atoms with Crippen LogP contribution in [0.2, 0.25) is 0 Å². The Labute approximate surface area is 193 Å². The first kappa shape index (κ1) is 22.6. The summed E-state index contributed by atoms with van der Waals surface area (Å²) in [5.74, 6) is -3.40. The smallest absolute Gasteiger partial charge is 0.325 e. The normalized spacial score (nSPS) is 23.4. The molecule has 33 heavy (non-hydrogen) atoms. The van der Waals surface area contributed by atoms with E-state index in [1.165, 1.54) is 18.4 Å². The molecule has 2 saturated heterocycles. The first-order valence-electron chi connectivity index (χ1n) is 10.3. The number of likely N-dealkylation sites (tertiary alicyclic amines) is 1. The van der Waals surface area contributed by atoms with E-state index >= 15 is 0 Å². The maximum atomic E-state index is 13.0. The first-order valence-corrected chi connectivity index (χ1v) is 11.1. The van der Waals surface area contributed by atoms with Crippen molar-refractivity contribution in [3.63, 3.8) is 0 Å². The highest BCUT2D eigenvalue weighted by Crippen LogP contribution is 2.27. The molecule has 5 amide bonds. The number of piperidine rings is 1. The average Bonchev–Trinajstić information content (AvgIpc) is 3.36. The van der Waals surface area contributed by atoms with Gasteiger partial charge in [-0.2, -0.15) is 0 Å². The van der Waals surface area contributed by atoms with Crippen molar-refractivity contribution in [1.82, 2.24) is 20.9 Å². The van der Waals surface area contributed by atoms with E-state index in [9.17, 15) is 24.0 Å². The van der Waals surface area contributed by atoms with E-state index < -0.39 is 47.2 Å². The number of methoxy groups -OCH3 is 1. The molecule has 0 bridgehead atoms. The highest BCUT2D eigenvalue weighted by atomic mass is 32.1. The van der Waals surface area contributed by atoms with Gasteiger partial charge >= 0.3 is 6.03 Å². The van der Waals surface area contributed by atoms with Crippen molar-refractivity contribution >= 4 is 40.9 Å². The van der Waals surface area contributed by atoms with Crippen LogP contribution in [0.15, 0.2) is 47.8 Å². The van der Waals surface area contributed by atoms with Crippen molar-refractivity contribution in [3.05, 3.63) is 58.3 Å². The minimum atomic E-state index is -1.52. The van der Waals surface area contributed by atoms with Gasteiger partial charge in [-0.3, -0.25) is 24.1 Å². The van der Waals surface area contributed by atoms with Crippen LogP contribution in [-0.2, 0) is 23.9 Å². The fourth-order valence-corrected chi connectivity index (χ4v) is 4.58. The molecule has 4 rings (SSSR count). The predicted octanol–water partition coefficient (Wildman–Crippen LogP) is 0.673. The minimum absolute atomic E-state index is 0.0269. The zero-order valence-corrected chi connectivity index (χ0v) is 18.5. The highest BCUT2D eigenvalue weighted by Gasteiger charge is 2.49. The number of Topliss-reactive ketones (excluding diaryl/α,β-unsaturated/α-hetero) is 1. The molecule has 2 aliphatic rings. The summed E-state index contributed by atoms with van der Waals surface area (Å²) in [6, 6.07) is 10.2. The van der Waals surface area contributed by atoms with E-state index in [2.05, 4.69) is 16.0 Å². The van der Waals surface area contributed by atoms with Gasteiger partial charge in [0.2, 0.25) is 11.5 Å². The third kappa shape index (κ3) is 4.24. The lowest BCUT2D eigenvalue weighted by Crippen LogP contribution is -2.74. The number of urea groups is 1. The van der Waals surface area contributed by atoms with Crippen LogP contribution < -0.4 is 16.0 Å². The Balaban J connectivity index is 1.48. The van der Waals surface area contributed by atoms with Crippen molar-refractivity contribution in [2.75, 3.05) is 20.2 Å². The largest absolute Gasteiger partial charge is 0.349 e. The third-order valence-electron chi connectivity index (χ3n) is 5.76. The molecule has 3 N–H and O–H groups in total. The fourth-order valence-electron chi connectivity index (χ4n) is 3.80. The number of carbonyl (C=O) groups excluding carboxylic acids is 5. The van der Waals surface area contributed by atoms with Crippen LogP contribution >= 0.6 is 11.3 Å². The lowest BCUT2D eigenvalue weighted by atomic mass is 9.88. The molecule has 11 heteroatoms. The number of nitrogens with one attached hydrogen (secondary N) is 3. The molecule has 3 atom stereocenters. The number of hydrogen-bond acceptors (Lipinski definition) is 7. The molecule has 1 aromatic heterocycles. The Bertz CT molecular complexity index is 1090. The molecule has 0 saturated carbocycles. The van der Waals surface area contributed by atoms with Gasteiger partial charge in [-0.25, -0.2) is 4.79 Å². The second kappa shape index (κ2) is 9.12. The van der Waals surface area contributed by atoms with Crippen LogP contribution in [0.1, 0.15) is 28.8 Å². The molecule has 2 aromatic rings. The maximum absolute atomic E-state index is 13.0. The topological polar surface area (TPSA) is 134 Å². The Morgan fingerprint density at radius 3 is 2.52 bits per heavy atom. The summed E-state index contributed by atoms with van der Waals surface area (Å²) >= 11 is 1.22. The van der Waals surface area contributed by atoms with Crippen molar-refractivity contribution in [1.29, 1.82) is 0 Å². The molecule has 2 aliphatic heterocycles. The van der Waals surface area contributed by atoms with E-state index in [4.69, 9.17) is 4.74 Å². The highest BCUT2D eigenvalue weighted by molar-refractivity contribution is 7.10. The molecule has 0 spiro atoms. The summed E-state index contributed by atoms with van der Waals surface area (Å²) in [5, 5.41) is 9.27. The summed E-state index contributed by atoms with van der Waals surface area (Å²) in [4.78, 5) is 64.6. The number of carbonyl (C=O) groups is 5. The molecular formula is C22H22N4O6S. The first-order chi connectivity index (χ1) is 15.9. The number of ketones is 1. The van der Waals surface area contributed by atoms with Gasteiger partial charge in [0.1, 0.15) is 6.04 Å². The Kier molecular flexibility index (Phi) is 6.25.